The van der Waals surface area contributed by atoms with Crippen LogP contribution in [0.1, 0.15) is 22.7 Å². The molecule has 0 saturated carbocycles. The highest BCUT2D eigenvalue weighted by molar-refractivity contribution is 5.36. The van der Waals surface area contributed by atoms with Crippen molar-refractivity contribution in [2.75, 3.05) is 0 Å². The van der Waals surface area contributed by atoms with Crippen LogP contribution in [0.25, 0.3) is 0 Å². The normalized spacial score (nSPS) is 13.0. The van der Waals surface area contributed by atoms with Crippen molar-refractivity contribution < 1.29 is 17.9 Å². The molecule has 3 nitrogen and oxygen atoms in total. The topological polar surface area (TPSA) is 47.3 Å². The van der Waals surface area contributed by atoms with Crippen LogP contribution in [-0.4, -0.2) is 6.36 Å². The molecule has 112 valence electrons. The molecule has 0 amide bonds. The molecule has 0 radical (unpaired) electrons. The van der Waals surface area contributed by atoms with E-state index in [0.717, 1.165) is 16.7 Å². The molecule has 6 heteroatoms. The number of nitrogens with one attached hydrogen (secondary N) is 1. The third-order valence-electron chi connectivity index (χ3n) is 3.02. The maximum absolute atomic E-state index is 12.1. The van der Waals surface area contributed by atoms with Gasteiger partial charge in [0, 0.05) is 0 Å². The lowest BCUT2D eigenvalue weighted by Gasteiger charge is -2.18. The van der Waals surface area contributed by atoms with E-state index in [4.69, 9.17) is 5.84 Å². The fourth-order valence-electron chi connectivity index (χ4n) is 2.01. The summed E-state index contributed by atoms with van der Waals surface area (Å²) in [7, 11) is 0. The first-order chi connectivity index (χ1) is 9.89. The van der Waals surface area contributed by atoms with Gasteiger partial charge in [0.25, 0.3) is 0 Å². The summed E-state index contributed by atoms with van der Waals surface area (Å²) in [6.45, 7) is 1.97. The van der Waals surface area contributed by atoms with Crippen molar-refractivity contribution in [3.63, 3.8) is 0 Å². The van der Waals surface area contributed by atoms with Gasteiger partial charge in [-0.05, 0) is 30.2 Å². The highest BCUT2D eigenvalue weighted by atomic mass is 19.4. The van der Waals surface area contributed by atoms with Gasteiger partial charge in [0.1, 0.15) is 5.75 Å². The largest absolute Gasteiger partial charge is 0.573 e. The summed E-state index contributed by atoms with van der Waals surface area (Å²) in [4.78, 5) is 0. The van der Waals surface area contributed by atoms with Crippen molar-refractivity contribution in [3.05, 3.63) is 65.2 Å². The molecule has 2 rings (SSSR count). The van der Waals surface area contributed by atoms with Gasteiger partial charge in [-0.3, -0.25) is 5.84 Å². The molecule has 0 aliphatic rings. The van der Waals surface area contributed by atoms with Crippen LogP contribution in [0, 0.1) is 6.92 Å². The summed E-state index contributed by atoms with van der Waals surface area (Å²) >= 11 is 0. The maximum Gasteiger partial charge on any atom is 0.573 e. The van der Waals surface area contributed by atoms with Crippen molar-refractivity contribution in [1.82, 2.24) is 5.43 Å². The number of alkyl halides is 3. The third kappa shape index (κ3) is 4.21. The average Bonchev–Trinajstić information content (AvgIpc) is 2.42. The predicted molar refractivity (Wildman–Crippen MR) is 73.5 cm³/mol. The number of hydrogen-bond acceptors (Lipinski definition) is 3. The number of nitrogens with two attached hydrogens (primary N) is 1. The molecule has 2 aromatic carbocycles. The van der Waals surface area contributed by atoms with E-state index in [1.54, 1.807) is 12.1 Å². The second-order valence-corrected chi connectivity index (χ2v) is 4.63. The Morgan fingerprint density at radius 2 is 1.43 bits per heavy atom. The van der Waals surface area contributed by atoms with E-state index < -0.39 is 6.36 Å². The van der Waals surface area contributed by atoms with Crippen molar-refractivity contribution >= 4 is 0 Å². The average molecular weight is 296 g/mol. The molecule has 0 saturated heterocycles. The Morgan fingerprint density at radius 3 is 1.86 bits per heavy atom. The van der Waals surface area contributed by atoms with E-state index >= 15 is 0 Å². The van der Waals surface area contributed by atoms with Gasteiger partial charge in [0.2, 0.25) is 0 Å². The molecule has 0 spiro atoms. The zero-order valence-corrected chi connectivity index (χ0v) is 11.3. The minimum absolute atomic E-state index is 0.258. The fourth-order valence-corrected chi connectivity index (χ4v) is 2.01. The third-order valence-corrected chi connectivity index (χ3v) is 3.02. The van der Waals surface area contributed by atoms with Crippen molar-refractivity contribution in [2.24, 2.45) is 5.84 Å². The van der Waals surface area contributed by atoms with Gasteiger partial charge in [0.05, 0.1) is 6.04 Å². The van der Waals surface area contributed by atoms with Crippen molar-refractivity contribution in [1.29, 1.82) is 0 Å². The summed E-state index contributed by atoms with van der Waals surface area (Å²) in [6, 6.07) is 13.0. The molecule has 0 aliphatic carbocycles. The molecule has 21 heavy (non-hydrogen) atoms. The number of halogens is 3. The first kappa shape index (κ1) is 15.3. The fraction of sp³-hybridized carbons (Fsp3) is 0.200. The van der Waals surface area contributed by atoms with Crippen LogP contribution in [-0.2, 0) is 0 Å². The highest BCUT2D eigenvalue weighted by Gasteiger charge is 2.31. The molecule has 0 aromatic heterocycles. The number of ether oxygens (including phenoxy) is 1. The van der Waals surface area contributed by atoms with Gasteiger partial charge >= 0.3 is 6.36 Å². The van der Waals surface area contributed by atoms with Crippen molar-refractivity contribution in [3.8, 4) is 5.75 Å². The zero-order chi connectivity index (χ0) is 15.5. The summed E-state index contributed by atoms with van der Waals surface area (Å²) in [5.41, 5.74) is 5.44. The van der Waals surface area contributed by atoms with Gasteiger partial charge in [0.15, 0.2) is 0 Å². The van der Waals surface area contributed by atoms with Crippen LogP contribution in [0.5, 0.6) is 5.75 Å². The molecule has 0 aliphatic heterocycles. The Bertz CT molecular complexity index is 579. The van der Waals surface area contributed by atoms with Crippen LogP contribution < -0.4 is 16.0 Å². The standard InChI is InChI=1S/C15H15F3N2O/c1-10-2-4-11(5-3-10)14(20-19)12-6-8-13(9-7-12)21-15(16,17)18/h2-9,14,20H,19H2,1H3. The molecule has 0 bridgehead atoms. The Morgan fingerprint density at radius 1 is 0.952 bits per heavy atom. The maximum atomic E-state index is 12.1. The monoisotopic (exact) mass is 296 g/mol. The van der Waals surface area contributed by atoms with Gasteiger partial charge in [-0.15, -0.1) is 13.2 Å². The smallest absolute Gasteiger partial charge is 0.406 e. The summed E-state index contributed by atoms with van der Waals surface area (Å²) in [5, 5.41) is 0. The Labute approximate surface area is 120 Å². The van der Waals surface area contributed by atoms with Crippen LogP contribution in [0.3, 0.4) is 0 Å². The van der Waals surface area contributed by atoms with Crippen LogP contribution in [0.15, 0.2) is 48.5 Å². The first-order valence-corrected chi connectivity index (χ1v) is 6.27. The van der Waals surface area contributed by atoms with E-state index in [-0.39, 0.29) is 11.8 Å². The lowest BCUT2D eigenvalue weighted by molar-refractivity contribution is -0.274. The van der Waals surface area contributed by atoms with Gasteiger partial charge < -0.3 is 4.74 Å². The number of rotatable bonds is 4. The molecule has 0 fully saturated rings. The predicted octanol–water partition coefficient (Wildman–Crippen LogP) is 3.45. The minimum Gasteiger partial charge on any atom is -0.406 e. The number of aryl methyl sites for hydroxylation is 1. The number of benzene rings is 2. The Kier molecular flexibility index (Phi) is 4.50. The van der Waals surface area contributed by atoms with Crippen LogP contribution in [0.4, 0.5) is 13.2 Å². The molecule has 1 unspecified atom stereocenters. The van der Waals surface area contributed by atoms with Crippen LogP contribution >= 0.6 is 0 Å². The molecule has 2 aromatic rings. The molecule has 1 atom stereocenters. The Hall–Kier alpha value is -2.05. The summed E-state index contributed by atoms with van der Waals surface area (Å²) in [6.07, 6.45) is -4.69. The quantitative estimate of drug-likeness (QED) is 0.671. The lowest BCUT2D eigenvalue weighted by atomic mass is 9.98. The van der Waals surface area contributed by atoms with E-state index in [1.165, 1.54) is 12.1 Å². The molecule has 0 heterocycles. The first-order valence-electron chi connectivity index (χ1n) is 6.27. The van der Waals surface area contributed by atoms with Crippen molar-refractivity contribution in [2.45, 2.75) is 19.3 Å². The Balaban J connectivity index is 2.21. The second-order valence-electron chi connectivity index (χ2n) is 4.63. The second kappa shape index (κ2) is 6.15. The molecular formula is C15H15F3N2O. The SMILES string of the molecule is Cc1ccc(C(NN)c2ccc(OC(F)(F)F)cc2)cc1. The zero-order valence-electron chi connectivity index (χ0n) is 11.3. The van der Waals surface area contributed by atoms with Gasteiger partial charge in [-0.2, -0.15) is 0 Å². The molecular weight excluding hydrogens is 281 g/mol. The minimum atomic E-state index is -4.69. The number of hydrazine groups is 1. The summed E-state index contributed by atoms with van der Waals surface area (Å²) in [5.74, 6) is 5.30. The number of hydrogen-bond donors (Lipinski definition) is 2. The van der Waals surface area contributed by atoms with Gasteiger partial charge in [-0.1, -0.05) is 42.0 Å². The lowest BCUT2D eigenvalue weighted by Crippen LogP contribution is -2.28. The van der Waals surface area contributed by atoms with Gasteiger partial charge in [-0.25, -0.2) is 5.43 Å². The highest BCUT2D eigenvalue weighted by Crippen LogP contribution is 2.26. The van der Waals surface area contributed by atoms with E-state index in [9.17, 15) is 13.2 Å². The van der Waals surface area contributed by atoms with E-state index in [0.29, 0.717) is 0 Å². The van der Waals surface area contributed by atoms with E-state index in [1.807, 2.05) is 31.2 Å². The molecule has 3 N–H and O–H groups in total. The van der Waals surface area contributed by atoms with Crippen LogP contribution in [0.2, 0.25) is 0 Å². The van der Waals surface area contributed by atoms with E-state index in [2.05, 4.69) is 10.2 Å². The summed E-state index contributed by atoms with van der Waals surface area (Å²) < 4.78 is 40.2.